The highest BCUT2D eigenvalue weighted by Crippen LogP contribution is 2.35. The number of para-hydroxylation sites is 1. The lowest BCUT2D eigenvalue weighted by Crippen LogP contribution is -2.38. The van der Waals surface area contributed by atoms with Crippen molar-refractivity contribution in [1.29, 1.82) is 0 Å². The minimum absolute atomic E-state index is 0.0552. The summed E-state index contributed by atoms with van der Waals surface area (Å²) in [6.45, 7) is 6.70. The van der Waals surface area contributed by atoms with E-state index in [1.807, 2.05) is 37.8 Å². The largest absolute Gasteiger partial charge is 0.392 e. The van der Waals surface area contributed by atoms with Crippen LogP contribution >= 0.6 is 0 Å². The summed E-state index contributed by atoms with van der Waals surface area (Å²) in [6, 6.07) is 6.21. The summed E-state index contributed by atoms with van der Waals surface area (Å²) in [5.41, 5.74) is 3.12. The molecule has 0 aliphatic carbocycles. The second-order valence-electron chi connectivity index (χ2n) is 6.24. The molecule has 0 atom stereocenters. The summed E-state index contributed by atoms with van der Waals surface area (Å²) in [4.78, 5) is 14.5. The zero-order chi connectivity index (χ0) is 14.8. The molecule has 1 aromatic rings. The minimum atomic E-state index is -0.365. The quantitative estimate of drug-likeness (QED) is 0.860. The summed E-state index contributed by atoms with van der Waals surface area (Å²) in [5, 5.41) is 8.83. The highest BCUT2D eigenvalue weighted by atomic mass is 16.2. The van der Waals surface area contributed by atoms with Crippen LogP contribution in [0.1, 0.15) is 31.9 Å². The highest BCUT2D eigenvalue weighted by Gasteiger charge is 2.33. The Labute approximate surface area is 120 Å². The van der Waals surface area contributed by atoms with Crippen molar-refractivity contribution in [3.8, 4) is 0 Å². The van der Waals surface area contributed by atoms with Gasteiger partial charge < -0.3 is 10.0 Å². The number of carbonyl (C=O) groups excluding carboxylic acids is 1. The number of hydrogen-bond donors (Lipinski definition) is 1. The fraction of sp³-hybridized carbons (Fsp3) is 0.471. The van der Waals surface area contributed by atoms with Crippen LogP contribution in [-0.4, -0.2) is 24.2 Å². The molecule has 0 bridgehead atoms. The Kier molecular flexibility index (Phi) is 4.29. The smallest absolute Gasteiger partial charge is 0.232 e. The molecule has 1 heterocycles. The Hall–Kier alpha value is -1.61. The molecule has 1 aliphatic rings. The molecule has 1 N–H and O–H groups in total. The van der Waals surface area contributed by atoms with Crippen molar-refractivity contribution in [2.75, 3.05) is 18.1 Å². The van der Waals surface area contributed by atoms with E-state index in [0.717, 1.165) is 30.6 Å². The number of benzene rings is 1. The Morgan fingerprint density at radius 1 is 1.35 bits per heavy atom. The van der Waals surface area contributed by atoms with Gasteiger partial charge >= 0.3 is 0 Å². The van der Waals surface area contributed by atoms with Gasteiger partial charge in [-0.3, -0.25) is 4.79 Å². The molecule has 3 nitrogen and oxygen atoms in total. The molecule has 0 saturated carbocycles. The van der Waals surface area contributed by atoms with E-state index >= 15 is 0 Å². The topological polar surface area (TPSA) is 40.5 Å². The molecular formula is C17H23NO2. The number of aliphatic hydroxyl groups is 1. The van der Waals surface area contributed by atoms with E-state index in [1.54, 1.807) is 6.08 Å². The third kappa shape index (κ3) is 2.93. The third-order valence-corrected chi connectivity index (χ3v) is 3.57. The fourth-order valence-electron chi connectivity index (χ4n) is 2.59. The van der Waals surface area contributed by atoms with Crippen LogP contribution in [0.3, 0.4) is 0 Å². The second-order valence-corrected chi connectivity index (χ2v) is 6.24. The lowest BCUT2D eigenvalue weighted by molar-refractivity contribution is -0.125. The SMILES string of the molecule is CC(C)(C)C(=O)N1CCc2cccc(C/C=C\CO)c21. The average Bonchev–Trinajstić information content (AvgIpc) is 2.81. The van der Waals surface area contributed by atoms with Crippen molar-refractivity contribution in [3.63, 3.8) is 0 Å². The molecule has 1 aliphatic heterocycles. The van der Waals surface area contributed by atoms with Crippen molar-refractivity contribution in [3.05, 3.63) is 41.5 Å². The summed E-state index contributed by atoms with van der Waals surface area (Å²) < 4.78 is 0. The number of aliphatic hydroxyl groups excluding tert-OH is 1. The molecule has 0 fully saturated rings. The minimum Gasteiger partial charge on any atom is -0.392 e. The lowest BCUT2D eigenvalue weighted by Gasteiger charge is -2.27. The van der Waals surface area contributed by atoms with Gasteiger partial charge in [-0.1, -0.05) is 51.1 Å². The molecule has 2 rings (SSSR count). The van der Waals surface area contributed by atoms with Gasteiger partial charge in [0.15, 0.2) is 0 Å². The first-order valence-corrected chi connectivity index (χ1v) is 7.13. The number of carbonyl (C=O) groups is 1. The van der Waals surface area contributed by atoms with Crippen LogP contribution in [0, 0.1) is 5.41 Å². The van der Waals surface area contributed by atoms with Crippen LogP contribution in [0.15, 0.2) is 30.4 Å². The molecular weight excluding hydrogens is 250 g/mol. The molecule has 0 unspecified atom stereocenters. The van der Waals surface area contributed by atoms with E-state index in [9.17, 15) is 4.79 Å². The first-order valence-electron chi connectivity index (χ1n) is 7.13. The number of rotatable bonds is 3. The van der Waals surface area contributed by atoms with Gasteiger partial charge in [0.1, 0.15) is 0 Å². The van der Waals surface area contributed by atoms with Crippen LogP contribution in [0.2, 0.25) is 0 Å². The number of allylic oxidation sites excluding steroid dienone is 1. The Morgan fingerprint density at radius 3 is 2.75 bits per heavy atom. The molecule has 0 saturated heterocycles. The summed E-state index contributed by atoms with van der Waals surface area (Å²) in [7, 11) is 0. The number of hydrogen-bond acceptors (Lipinski definition) is 2. The van der Waals surface area contributed by atoms with Gasteiger partial charge in [0, 0.05) is 12.0 Å². The molecule has 108 valence electrons. The van der Waals surface area contributed by atoms with Crippen molar-refractivity contribution in [2.45, 2.75) is 33.6 Å². The molecule has 1 amide bonds. The van der Waals surface area contributed by atoms with Gasteiger partial charge in [0.25, 0.3) is 0 Å². The first kappa shape index (κ1) is 14.8. The third-order valence-electron chi connectivity index (χ3n) is 3.57. The van der Waals surface area contributed by atoms with Crippen LogP contribution in [0.25, 0.3) is 0 Å². The van der Waals surface area contributed by atoms with Crippen LogP contribution in [0.5, 0.6) is 0 Å². The maximum Gasteiger partial charge on any atom is 0.232 e. The van der Waals surface area contributed by atoms with E-state index in [1.165, 1.54) is 5.56 Å². The van der Waals surface area contributed by atoms with Crippen molar-refractivity contribution in [1.82, 2.24) is 0 Å². The lowest BCUT2D eigenvalue weighted by atomic mass is 9.94. The van der Waals surface area contributed by atoms with Gasteiger partial charge in [-0.05, 0) is 24.0 Å². The summed E-state index contributed by atoms with van der Waals surface area (Å²) in [6.07, 6.45) is 5.37. The van der Waals surface area contributed by atoms with Gasteiger partial charge in [-0.25, -0.2) is 0 Å². The standard InChI is InChI=1S/C17H23NO2/c1-17(2,3)16(20)18-11-10-14-9-6-8-13(15(14)18)7-4-5-12-19/h4-6,8-9,19H,7,10-12H2,1-3H3/b5-4-. The highest BCUT2D eigenvalue weighted by molar-refractivity contribution is 5.99. The van der Waals surface area contributed by atoms with Gasteiger partial charge in [-0.15, -0.1) is 0 Å². The first-order chi connectivity index (χ1) is 9.45. The van der Waals surface area contributed by atoms with Gasteiger partial charge in [0.2, 0.25) is 5.91 Å². The predicted octanol–water partition coefficient (Wildman–Crippen LogP) is 2.71. The number of nitrogens with zero attached hydrogens (tertiary/aromatic N) is 1. The monoisotopic (exact) mass is 273 g/mol. The van der Waals surface area contributed by atoms with E-state index < -0.39 is 0 Å². The van der Waals surface area contributed by atoms with Crippen LogP contribution in [-0.2, 0) is 17.6 Å². The van der Waals surface area contributed by atoms with Crippen LogP contribution in [0.4, 0.5) is 5.69 Å². The Bertz CT molecular complexity index is 526. The molecule has 0 spiro atoms. The van der Waals surface area contributed by atoms with Crippen LogP contribution < -0.4 is 4.90 Å². The zero-order valence-electron chi connectivity index (χ0n) is 12.5. The number of amides is 1. The van der Waals surface area contributed by atoms with Crippen molar-refractivity contribution < 1.29 is 9.90 Å². The molecule has 20 heavy (non-hydrogen) atoms. The maximum absolute atomic E-state index is 12.6. The van der Waals surface area contributed by atoms with Gasteiger partial charge in [-0.2, -0.15) is 0 Å². The molecule has 3 heteroatoms. The Balaban J connectivity index is 2.34. The Morgan fingerprint density at radius 2 is 2.10 bits per heavy atom. The molecule has 0 radical (unpaired) electrons. The van der Waals surface area contributed by atoms with E-state index in [0.29, 0.717) is 0 Å². The molecule has 1 aromatic carbocycles. The van der Waals surface area contributed by atoms with Crippen molar-refractivity contribution >= 4 is 11.6 Å². The summed E-state index contributed by atoms with van der Waals surface area (Å²) in [5.74, 6) is 0.176. The molecule has 0 aromatic heterocycles. The summed E-state index contributed by atoms with van der Waals surface area (Å²) >= 11 is 0. The number of fused-ring (bicyclic) bond motifs is 1. The average molecular weight is 273 g/mol. The normalized spacial score (nSPS) is 14.9. The van der Waals surface area contributed by atoms with E-state index in [4.69, 9.17) is 5.11 Å². The van der Waals surface area contributed by atoms with Crippen molar-refractivity contribution in [2.24, 2.45) is 5.41 Å². The second kappa shape index (κ2) is 5.80. The van der Waals surface area contributed by atoms with Gasteiger partial charge in [0.05, 0.1) is 12.3 Å². The van der Waals surface area contributed by atoms with E-state index in [2.05, 4.69) is 12.1 Å². The fourth-order valence-corrected chi connectivity index (χ4v) is 2.59. The predicted molar refractivity (Wildman–Crippen MR) is 81.9 cm³/mol. The number of anilines is 1. The van der Waals surface area contributed by atoms with E-state index in [-0.39, 0.29) is 17.9 Å². The zero-order valence-corrected chi connectivity index (χ0v) is 12.5. The maximum atomic E-state index is 12.6.